The van der Waals surface area contributed by atoms with Gasteiger partial charge in [0.25, 0.3) is 0 Å². The predicted octanol–water partition coefficient (Wildman–Crippen LogP) is 1.90. The SMILES string of the molecule is CC(C1CC1)n1cnnc1Cl. The number of rotatable bonds is 2. The Kier molecular flexibility index (Phi) is 1.60. The lowest BCUT2D eigenvalue weighted by atomic mass is 10.2. The van der Waals surface area contributed by atoms with Crippen molar-refractivity contribution >= 4 is 11.6 Å². The molecule has 4 heteroatoms. The van der Waals surface area contributed by atoms with Crippen LogP contribution in [0.5, 0.6) is 0 Å². The highest BCUT2D eigenvalue weighted by molar-refractivity contribution is 6.28. The summed E-state index contributed by atoms with van der Waals surface area (Å²) in [4.78, 5) is 0. The lowest BCUT2D eigenvalue weighted by Crippen LogP contribution is -2.05. The van der Waals surface area contributed by atoms with E-state index in [1.807, 2.05) is 4.57 Å². The second-order valence-electron chi connectivity index (χ2n) is 3.09. The van der Waals surface area contributed by atoms with Crippen LogP contribution in [-0.4, -0.2) is 14.8 Å². The summed E-state index contributed by atoms with van der Waals surface area (Å²) in [6.45, 7) is 2.16. The first-order valence-corrected chi connectivity index (χ1v) is 4.22. The molecule has 0 spiro atoms. The minimum atomic E-state index is 0.470. The van der Waals surface area contributed by atoms with Gasteiger partial charge in [0, 0.05) is 6.04 Å². The maximum Gasteiger partial charge on any atom is 0.225 e. The molecule has 1 saturated carbocycles. The summed E-state index contributed by atoms with van der Waals surface area (Å²) in [5.74, 6) is 0.795. The van der Waals surface area contributed by atoms with E-state index in [-0.39, 0.29) is 0 Å². The van der Waals surface area contributed by atoms with E-state index >= 15 is 0 Å². The van der Waals surface area contributed by atoms with Gasteiger partial charge in [-0.3, -0.25) is 0 Å². The summed E-state index contributed by atoms with van der Waals surface area (Å²) in [7, 11) is 0. The molecule has 1 fully saturated rings. The molecule has 0 N–H and O–H groups in total. The lowest BCUT2D eigenvalue weighted by molar-refractivity contribution is 0.484. The van der Waals surface area contributed by atoms with Crippen LogP contribution in [-0.2, 0) is 0 Å². The van der Waals surface area contributed by atoms with E-state index in [1.54, 1.807) is 6.33 Å². The van der Waals surface area contributed by atoms with Gasteiger partial charge < -0.3 is 4.57 Å². The van der Waals surface area contributed by atoms with Gasteiger partial charge in [0.2, 0.25) is 5.28 Å². The highest BCUT2D eigenvalue weighted by atomic mass is 35.5. The van der Waals surface area contributed by atoms with Crippen LogP contribution in [0, 0.1) is 5.92 Å². The third-order valence-electron chi connectivity index (χ3n) is 2.27. The van der Waals surface area contributed by atoms with Crippen LogP contribution < -0.4 is 0 Å². The lowest BCUT2D eigenvalue weighted by Gasteiger charge is -2.10. The van der Waals surface area contributed by atoms with Gasteiger partial charge in [-0.05, 0) is 37.3 Å². The Hall–Kier alpha value is -0.570. The number of hydrogen-bond donors (Lipinski definition) is 0. The van der Waals surface area contributed by atoms with Gasteiger partial charge in [-0.1, -0.05) is 0 Å². The molecule has 2 rings (SSSR count). The summed E-state index contributed by atoms with van der Waals surface area (Å²) in [6, 6.07) is 0.470. The van der Waals surface area contributed by atoms with Gasteiger partial charge in [0.15, 0.2) is 0 Å². The number of nitrogens with zero attached hydrogens (tertiary/aromatic N) is 3. The molecule has 0 amide bonds. The van der Waals surface area contributed by atoms with Crippen LogP contribution in [0.1, 0.15) is 25.8 Å². The second kappa shape index (κ2) is 2.48. The Morgan fingerprint density at radius 1 is 1.73 bits per heavy atom. The van der Waals surface area contributed by atoms with Crippen molar-refractivity contribution in [2.75, 3.05) is 0 Å². The maximum atomic E-state index is 5.80. The number of hydrogen-bond acceptors (Lipinski definition) is 2. The van der Waals surface area contributed by atoms with Gasteiger partial charge in [0.1, 0.15) is 6.33 Å². The molecule has 1 heterocycles. The van der Waals surface area contributed by atoms with E-state index in [0.717, 1.165) is 5.92 Å². The standard InChI is InChI=1S/C7H10ClN3/c1-5(6-2-3-6)11-4-9-10-7(11)8/h4-6H,2-3H2,1H3. The molecule has 11 heavy (non-hydrogen) atoms. The fraction of sp³-hybridized carbons (Fsp3) is 0.714. The van der Waals surface area contributed by atoms with Crippen LogP contribution >= 0.6 is 11.6 Å². The summed E-state index contributed by atoms with van der Waals surface area (Å²) >= 11 is 5.80. The minimum absolute atomic E-state index is 0.470. The number of aromatic nitrogens is 3. The summed E-state index contributed by atoms with van der Waals surface area (Å²) in [5, 5.41) is 7.96. The molecule has 3 nitrogen and oxygen atoms in total. The van der Waals surface area contributed by atoms with E-state index in [9.17, 15) is 0 Å². The average Bonchev–Trinajstić information content (AvgIpc) is 2.74. The van der Waals surface area contributed by atoms with Crippen LogP contribution in [0.15, 0.2) is 6.33 Å². The summed E-state index contributed by atoms with van der Waals surface area (Å²) in [5.41, 5.74) is 0. The quantitative estimate of drug-likeness (QED) is 0.681. The summed E-state index contributed by atoms with van der Waals surface area (Å²) in [6.07, 6.45) is 4.33. The zero-order chi connectivity index (χ0) is 7.84. The monoisotopic (exact) mass is 171 g/mol. The van der Waals surface area contributed by atoms with Crippen molar-refractivity contribution in [2.45, 2.75) is 25.8 Å². The topological polar surface area (TPSA) is 30.7 Å². The van der Waals surface area contributed by atoms with E-state index in [0.29, 0.717) is 11.3 Å². The Bertz CT molecular complexity index is 254. The molecule has 0 aromatic carbocycles. The molecule has 1 aromatic rings. The fourth-order valence-corrected chi connectivity index (χ4v) is 1.55. The van der Waals surface area contributed by atoms with Crippen molar-refractivity contribution in [2.24, 2.45) is 5.92 Å². The smallest absolute Gasteiger partial charge is 0.225 e. The van der Waals surface area contributed by atoms with Crippen LogP contribution in [0.4, 0.5) is 0 Å². The predicted molar refractivity (Wildman–Crippen MR) is 42.5 cm³/mol. The normalized spacial score (nSPS) is 20.2. The molecule has 1 aliphatic rings. The van der Waals surface area contributed by atoms with E-state index in [1.165, 1.54) is 12.8 Å². The van der Waals surface area contributed by atoms with Gasteiger partial charge >= 0.3 is 0 Å². The zero-order valence-electron chi connectivity index (χ0n) is 6.37. The van der Waals surface area contributed by atoms with Crippen molar-refractivity contribution in [3.8, 4) is 0 Å². The van der Waals surface area contributed by atoms with Gasteiger partial charge in [0.05, 0.1) is 0 Å². The van der Waals surface area contributed by atoms with E-state index < -0.39 is 0 Å². The Labute approximate surface area is 70.4 Å². The van der Waals surface area contributed by atoms with E-state index in [2.05, 4.69) is 17.1 Å². The van der Waals surface area contributed by atoms with Crippen molar-refractivity contribution < 1.29 is 0 Å². The summed E-state index contributed by atoms with van der Waals surface area (Å²) < 4.78 is 1.93. The molecular weight excluding hydrogens is 162 g/mol. The Morgan fingerprint density at radius 2 is 2.45 bits per heavy atom. The van der Waals surface area contributed by atoms with Crippen molar-refractivity contribution in [1.29, 1.82) is 0 Å². The fourth-order valence-electron chi connectivity index (χ4n) is 1.31. The highest BCUT2D eigenvalue weighted by Gasteiger charge is 2.29. The van der Waals surface area contributed by atoms with Crippen LogP contribution in [0.25, 0.3) is 0 Å². The molecule has 0 bridgehead atoms. The Balaban J connectivity index is 2.20. The maximum absolute atomic E-state index is 5.80. The van der Waals surface area contributed by atoms with E-state index in [4.69, 9.17) is 11.6 Å². The molecule has 0 radical (unpaired) electrons. The first-order chi connectivity index (χ1) is 5.29. The average molecular weight is 172 g/mol. The first-order valence-electron chi connectivity index (χ1n) is 3.84. The largest absolute Gasteiger partial charge is 0.301 e. The van der Waals surface area contributed by atoms with Crippen LogP contribution in [0.3, 0.4) is 0 Å². The molecule has 1 unspecified atom stereocenters. The molecular formula is C7H10ClN3. The second-order valence-corrected chi connectivity index (χ2v) is 3.42. The van der Waals surface area contributed by atoms with Gasteiger partial charge in [-0.2, -0.15) is 0 Å². The van der Waals surface area contributed by atoms with Gasteiger partial charge in [-0.25, -0.2) is 0 Å². The van der Waals surface area contributed by atoms with Crippen molar-refractivity contribution in [1.82, 2.24) is 14.8 Å². The zero-order valence-corrected chi connectivity index (χ0v) is 7.12. The third kappa shape index (κ3) is 1.25. The molecule has 1 atom stereocenters. The minimum Gasteiger partial charge on any atom is -0.301 e. The van der Waals surface area contributed by atoms with Gasteiger partial charge in [-0.15, -0.1) is 10.2 Å². The molecule has 1 aromatic heterocycles. The first kappa shape index (κ1) is 7.10. The Morgan fingerprint density at radius 3 is 2.91 bits per heavy atom. The number of halogens is 1. The molecule has 60 valence electrons. The van der Waals surface area contributed by atoms with Crippen molar-refractivity contribution in [3.63, 3.8) is 0 Å². The molecule has 0 aliphatic heterocycles. The molecule has 0 saturated heterocycles. The van der Waals surface area contributed by atoms with Crippen molar-refractivity contribution in [3.05, 3.63) is 11.6 Å². The highest BCUT2D eigenvalue weighted by Crippen LogP contribution is 2.39. The molecule has 1 aliphatic carbocycles. The van der Waals surface area contributed by atoms with Crippen LogP contribution in [0.2, 0.25) is 5.28 Å². The third-order valence-corrected chi connectivity index (χ3v) is 2.54.